The number of rotatable bonds is 3. The Morgan fingerprint density at radius 2 is 1.76 bits per heavy atom. The molecule has 2 heterocycles. The molecule has 0 amide bonds. The lowest BCUT2D eigenvalue weighted by Gasteiger charge is -2.32. The monoisotopic (exact) mass is 334 g/mol. The van der Waals surface area contributed by atoms with Crippen molar-refractivity contribution in [3.05, 3.63) is 48.5 Å². The molecule has 1 aliphatic carbocycles. The summed E-state index contributed by atoms with van der Waals surface area (Å²) in [4.78, 5) is 7.14. The van der Waals surface area contributed by atoms with Gasteiger partial charge in [0.15, 0.2) is 0 Å². The van der Waals surface area contributed by atoms with Crippen LogP contribution in [0.4, 0.5) is 0 Å². The summed E-state index contributed by atoms with van der Waals surface area (Å²) in [6, 6.07) is 9.62. The molecule has 0 saturated heterocycles. The van der Waals surface area contributed by atoms with Crippen molar-refractivity contribution in [3.8, 4) is 11.1 Å². The van der Waals surface area contributed by atoms with Gasteiger partial charge in [-0.05, 0) is 62.9 Å². The summed E-state index contributed by atoms with van der Waals surface area (Å²) in [5, 5.41) is 6.77. The van der Waals surface area contributed by atoms with Crippen molar-refractivity contribution in [2.45, 2.75) is 37.6 Å². The van der Waals surface area contributed by atoms with E-state index in [0.29, 0.717) is 5.92 Å². The Labute approximate surface area is 149 Å². The summed E-state index contributed by atoms with van der Waals surface area (Å²) in [5.74, 6) is 0.600. The predicted molar refractivity (Wildman–Crippen MR) is 103 cm³/mol. The van der Waals surface area contributed by atoms with E-state index in [-0.39, 0.29) is 0 Å². The molecule has 1 saturated carbocycles. The van der Waals surface area contributed by atoms with Crippen LogP contribution in [0.3, 0.4) is 0 Å². The standard InChI is InChI=1S/C21H26N4/c1-24(2)20-8-6-15(7-9-20)21-11-18-10-16(4-5-17(18)12-22-21)19-13-23-25(3)14-19/h4-5,10-15,20H,6-9H2,1-3H3. The van der Waals surface area contributed by atoms with E-state index in [4.69, 9.17) is 4.98 Å². The Morgan fingerprint density at radius 1 is 0.960 bits per heavy atom. The molecule has 1 aromatic carbocycles. The minimum Gasteiger partial charge on any atom is -0.306 e. The number of hydrogen-bond donors (Lipinski definition) is 0. The zero-order chi connectivity index (χ0) is 17.4. The van der Waals surface area contributed by atoms with Crippen molar-refractivity contribution in [2.75, 3.05) is 14.1 Å². The van der Waals surface area contributed by atoms with Gasteiger partial charge >= 0.3 is 0 Å². The molecule has 0 atom stereocenters. The number of nitrogens with zero attached hydrogens (tertiary/aromatic N) is 4. The van der Waals surface area contributed by atoms with Crippen LogP contribution < -0.4 is 0 Å². The van der Waals surface area contributed by atoms with Crippen molar-refractivity contribution in [2.24, 2.45) is 7.05 Å². The zero-order valence-corrected chi connectivity index (χ0v) is 15.3. The number of hydrogen-bond acceptors (Lipinski definition) is 3. The first kappa shape index (κ1) is 16.3. The summed E-state index contributed by atoms with van der Waals surface area (Å²) in [7, 11) is 6.34. The number of aromatic nitrogens is 3. The third-order valence-corrected chi connectivity index (χ3v) is 5.63. The molecule has 0 unspecified atom stereocenters. The third kappa shape index (κ3) is 3.31. The van der Waals surface area contributed by atoms with Gasteiger partial charge in [-0.2, -0.15) is 5.10 Å². The zero-order valence-electron chi connectivity index (χ0n) is 15.3. The quantitative estimate of drug-likeness (QED) is 0.719. The molecule has 4 heteroatoms. The maximum atomic E-state index is 4.78. The first-order chi connectivity index (χ1) is 12.1. The van der Waals surface area contributed by atoms with Gasteiger partial charge in [0.2, 0.25) is 0 Å². The minimum atomic E-state index is 0.600. The highest BCUT2D eigenvalue weighted by atomic mass is 15.2. The normalized spacial score (nSPS) is 21.1. The van der Waals surface area contributed by atoms with Crippen LogP contribution >= 0.6 is 0 Å². The molecule has 0 spiro atoms. The molecule has 0 aliphatic heterocycles. The first-order valence-corrected chi connectivity index (χ1v) is 9.15. The number of aryl methyl sites for hydroxylation is 1. The molecule has 0 radical (unpaired) electrons. The molecule has 1 aliphatic rings. The maximum Gasteiger partial charge on any atom is 0.0568 e. The van der Waals surface area contributed by atoms with Crippen LogP contribution in [-0.2, 0) is 7.05 Å². The summed E-state index contributed by atoms with van der Waals surface area (Å²) in [5.41, 5.74) is 3.64. The molecular formula is C21H26N4. The third-order valence-electron chi connectivity index (χ3n) is 5.63. The molecule has 1 fully saturated rings. The van der Waals surface area contributed by atoms with Crippen LogP contribution in [0.2, 0.25) is 0 Å². The van der Waals surface area contributed by atoms with Gasteiger partial charge in [-0.3, -0.25) is 9.67 Å². The largest absolute Gasteiger partial charge is 0.306 e. The molecule has 2 aromatic heterocycles. The van der Waals surface area contributed by atoms with E-state index in [1.54, 1.807) is 0 Å². The molecule has 0 N–H and O–H groups in total. The molecule has 4 rings (SSSR count). The van der Waals surface area contributed by atoms with Crippen LogP contribution in [-0.4, -0.2) is 39.8 Å². The predicted octanol–water partition coefficient (Wildman–Crippen LogP) is 4.22. The lowest BCUT2D eigenvalue weighted by molar-refractivity contribution is 0.215. The van der Waals surface area contributed by atoms with Crippen molar-refractivity contribution in [1.29, 1.82) is 0 Å². The second-order valence-electron chi connectivity index (χ2n) is 7.54. The van der Waals surface area contributed by atoms with E-state index in [1.165, 1.54) is 47.7 Å². The van der Waals surface area contributed by atoms with E-state index in [1.807, 2.05) is 24.1 Å². The van der Waals surface area contributed by atoms with E-state index in [9.17, 15) is 0 Å². The summed E-state index contributed by atoms with van der Waals surface area (Å²) in [6.07, 6.45) is 11.0. The maximum absolute atomic E-state index is 4.78. The topological polar surface area (TPSA) is 34.0 Å². The Balaban J connectivity index is 1.61. The van der Waals surface area contributed by atoms with Crippen LogP contribution in [0, 0.1) is 0 Å². The fourth-order valence-corrected chi connectivity index (χ4v) is 4.02. The van der Waals surface area contributed by atoms with Gasteiger partial charge in [0, 0.05) is 48.0 Å². The van der Waals surface area contributed by atoms with E-state index >= 15 is 0 Å². The van der Waals surface area contributed by atoms with Gasteiger partial charge in [-0.25, -0.2) is 0 Å². The minimum absolute atomic E-state index is 0.600. The smallest absolute Gasteiger partial charge is 0.0568 e. The average molecular weight is 334 g/mol. The van der Waals surface area contributed by atoms with Crippen LogP contribution in [0.5, 0.6) is 0 Å². The Bertz CT molecular complexity index is 872. The van der Waals surface area contributed by atoms with Crippen LogP contribution in [0.25, 0.3) is 21.9 Å². The molecule has 25 heavy (non-hydrogen) atoms. The fraction of sp³-hybridized carbons (Fsp3) is 0.429. The number of pyridine rings is 1. The van der Waals surface area contributed by atoms with Crippen LogP contribution in [0.15, 0.2) is 42.9 Å². The molecule has 3 aromatic rings. The van der Waals surface area contributed by atoms with Crippen molar-refractivity contribution >= 4 is 10.8 Å². The van der Waals surface area contributed by atoms with Crippen molar-refractivity contribution in [1.82, 2.24) is 19.7 Å². The second kappa shape index (κ2) is 6.60. The van der Waals surface area contributed by atoms with Gasteiger partial charge in [-0.15, -0.1) is 0 Å². The van der Waals surface area contributed by atoms with Gasteiger partial charge < -0.3 is 4.90 Å². The van der Waals surface area contributed by atoms with Gasteiger partial charge in [0.05, 0.1) is 6.20 Å². The molecule has 0 bridgehead atoms. The average Bonchev–Trinajstić information content (AvgIpc) is 3.07. The highest BCUT2D eigenvalue weighted by Gasteiger charge is 2.24. The van der Waals surface area contributed by atoms with Crippen molar-refractivity contribution in [3.63, 3.8) is 0 Å². The number of benzene rings is 1. The molecule has 130 valence electrons. The van der Waals surface area contributed by atoms with E-state index in [2.05, 4.69) is 54.6 Å². The lowest BCUT2D eigenvalue weighted by Crippen LogP contribution is -2.31. The lowest BCUT2D eigenvalue weighted by atomic mass is 9.83. The Hall–Kier alpha value is -2.20. The SMILES string of the molecule is CN(C)C1CCC(c2cc3cc(-c4cnn(C)c4)ccc3cn2)CC1. The van der Waals surface area contributed by atoms with Crippen molar-refractivity contribution < 1.29 is 0 Å². The summed E-state index contributed by atoms with van der Waals surface area (Å²) in [6.45, 7) is 0. The molecule has 4 nitrogen and oxygen atoms in total. The highest BCUT2D eigenvalue weighted by Crippen LogP contribution is 2.34. The van der Waals surface area contributed by atoms with E-state index in [0.717, 1.165) is 11.6 Å². The Kier molecular flexibility index (Phi) is 4.30. The summed E-state index contributed by atoms with van der Waals surface area (Å²) < 4.78 is 1.85. The Morgan fingerprint density at radius 3 is 2.44 bits per heavy atom. The van der Waals surface area contributed by atoms with Gasteiger partial charge in [0.25, 0.3) is 0 Å². The van der Waals surface area contributed by atoms with Gasteiger partial charge in [0.1, 0.15) is 0 Å². The second-order valence-corrected chi connectivity index (χ2v) is 7.54. The van der Waals surface area contributed by atoms with E-state index < -0.39 is 0 Å². The van der Waals surface area contributed by atoms with Gasteiger partial charge in [-0.1, -0.05) is 12.1 Å². The fourth-order valence-electron chi connectivity index (χ4n) is 4.02. The molecular weight excluding hydrogens is 308 g/mol. The first-order valence-electron chi connectivity index (χ1n) is 9.15. The summed E-state index contributed by atoms with van der Waals surface area (Å²) >= 11 is 0. The van der Waals surface area contributed by atoms with Crippen LogP contribution in [0.1, 0.15) is 37.3 Å². The highest BCUT2D eigenvalue weighted by molar-refractivity contribution is 5.86. The number of fused-ring (bicyclic) bond motifs is 1.